The molecule has 0 amide bonds. The highest BCUT2D eigenvalue weighted by Crippen LogP contribution is 2.45. The molecule has 0 aliphatic heterocycles. The molecule has 96 valence electrons. The van der Waals surface area contributed by atoms with Crippen molar-refractivity contribution < 1.29 is 0 Å². The van der Waals surface area contributed by atoms with Gasteiger partial charge in [0.1, 0.15) is 0 Å². The van der Waals surface area contributed by atoms with E-state index < -0.39 is 0 Å². The van der Waals surface area contributed by atoms with E-state index in [1.54, 1.807) is 11.3 Å². The lowest BCUT2D eigenvalue weighted by molar-refractivity contribution is 0.197. The number of hydrogen-bond acceptors (Lipinski definition) is 2. The van der Waals surface area contributed by atoms with Crippen LogP contribution in [0.25, 0.3) is 0 Å². The van der Waals surface area contributed by atoms with Gasteiger partial charge in [-0.25, -0.2) is 0 Å². The van der Waals surface area contributed by atoms with Crippen LogP contribution in [0.2, 0.25) is 0 Å². The van der Waals surface area contributed by atoms with Crippen LogP contribution in [0.4, 0.5) is 0 Å². The highest BCUT2D eigenvalue weighted by molar-refractivity contribution is 9.10. The van der Waals surface area contributed by atoms with Gasteiger partial charge in [-0.05, 0) is 76.4 Å². The topological polar surface area (TPSA) is 26.0 Å². The van der Waals surface area contributed by atoms with Crippen LogP contribution in [-0.4, -0.2) is 6.54 Å². The van der Waals surface area contributed by atoms with Crippen molar-refractivity contribution in [2.45, 2.75) is 39.0 Å². The summed E-state index contributed by atoms with van der Waals surface area (Å²) in [6.45, 7) is 5.54. The van der Waals surface area contributed by atoms with Crippen LogP contribution in [0.15, 0.2) is 15.2 Å². The normalized spacial score (nSPS) is 29.8. The molecule has 1 aromatic heterocycles. The molecular weight excluding hydrogens is 294 g/mol. The van der Waals surface area contributed by atoms with Gasteiger partial charge in [-0.3, -0.25) is 0 Å². The smallest absolute Gasteiger partial charge is 0.0317 e. The standard InChI is InChI=1S/C14H22BrNS/c1-9(2)10-3-4-11(6-16)12(5-10)13-7-17-8-14(13)15/h7-12H,3-6,16H2,1-2H3. The van der Waals surface area contributed by atoms with E-state index in [4.69, 9.17) is 5.73 Å². The molecule has 2 rings (SSSR count). The van der Waals surface area contributed by atoms with Crippen molar-refractivity contribution in [1.82, 2.24) is 0 Å². The molecule has 1 heterocycles. The number of halogens is 1. The Morgan fingerprint density at radius 1 is 1.41 bits per heavy atom. The van der Waals surface area contributed by atoms with Gasteiger partial charge in [0.05, 0.1) is 0 Å². The molecule has 0 spiro atoms. The van der Waals surface area contributed by atoms with Crippen LogP contribution in [0.5, 0.6) is 0 Å². The van der Waals surface area contributed by atoms with Crippen molar-refractivity contribution in [1.29, 1.82) is 0 Å². The fourth-order valence-corrected chi connectivity index (χ4v) is 4.75. The van der Waals surface area contributed by atoms with Crippen molar-refractivity contribution in [3.05, 3.63) is 20.8 Å². The largest absolute Gasteiger partial charge is 0.330 e. The van der Waals surface area contributed by atoms with E-state index in [2.05, 4.69) is 40.5 Å². The average Bonchev–Trinajstić information content (AvgIpc) is 2.74. The van der Waals surface area contributed by atoms with Gasteiger partial charge < -0.3 is 5.73 Å². The number of thiophene rings is 1. The Kier molecular flexibility index (Phi) is 4.67. The molecule has 0 bridgehead atoms. The lowest BCUT2D eigenvalue weighted by Gasteiger charge is -2.37. The van der Waals surface area contributed by atoms with Gasteiger partial charge in [-0.15, -0.1) is 0 Å². The van der Waals surface area contributed by atoms with E-state index in [-0.39, 0.29) is 0 Å². The zero-order valence-electron chi connectivity index (χ0n) is 10.7. The molecule has 0 aromatic carbocycles. The van der Waals surface area contributed by atoms with Crippen molar-refractivity contribution in [2.24, 2.45) is 23.5 Å². The van der Waals surface area contributed by atoms with Crippen LogP contribution in [0, 0.1) is 17.8 Å². The molecule has 1 saturated carbocycles. The lowest BCUT2D eigenvalue weighted by atomic mass is 9.69. The first-order valence-electron chi connectivity index (χ1n) is 6.55. The van der Waals surface area contributed by atoms with Gasteiger partial charge >= 0.3 is 0 Å². The molecule has 17 heavy (non-hydrogen) atoms. The molecule has 3 heteroatoms. The molecule has 2 N–H and O–H groups in total. The van der Waals surface area contributed by atoms with Gasteiger partial charge in [-0.2, -0.15) is 11.3 Å². The highest BCUT2D eigenvalue weighted by Gasteiger charge is 2.33. The predicted octanol–water partition coefficient (Wildman–Crippen LogP) is 4.63. The molecule has 1 aliphatic rings. The second-order valence-electron chi connectivity index (χ2n) is 5.59. The van der Waals surface area contributed by atoms with E-state index >= 15 is 0 Å². The summed E-state index contributed by atoms with van der Waals surface area (Å²) in [5.41, 5.74) is 7.46. The molecule has 1 fully saturated rings. The maximum Gasteiger partial charge on any atom is 0.0317 e. The fraction of sp³-hybridized carbons (Fsp3) is 0.714. The van der Waals surface area contributed by atoms with Gasteiger partial charge in [0, 0.05) is 9.85 Å². The number of nitrogens with two attached hydrogens (primary N) is 1. The highest BCUT2D eigenvalue weighted by atomic mass is 79.9. The minimum Gasteiger partial charge on any atom is -0.330 e. The zero-order valence-corrected chi connectivity index (χ0v) is 13.1. The molecule has 1 nitrogen and oxygen atoms in total. The predicted molar refractivity (Wildman–Crippen MR) is 79.5 cm³/mol. The first kappa shape index (κ1) is 13.6. The Morgan fingerprint density at radius 2 is 2.18 bits per heavy atom. The van der Waals surface area contributed by atoms with E-state index in [0.717, 1.165) is 18.4 Å². The molecule has 3 unspecified atom stereocenters. The maximum atomic E-state index is 5.96. The van der Waals surface area contributed by atoms with E-state index in [0.29, 0.717) is 11.8 Å². The molecular formula is C14H22BrNS. The Balaban J connectivity index is 2.18. The molecule has 3 atom stereocenters. The van der Waals surface area contributed by atoms with Gasteiger partial charge in [-0.1, -0.05) is 13.8 Å². The molecule has 1 aliphatic carbocycles. The van der Waals surface area contributed by atoms with Crippen molar-refractivity contribution >= 4 is 27.3 Å². The summed E-state index contributed by atoms with van der Waals surface area (Å²) in [7, 11) is 0. The Hall–Kier alpha value is 0.140. The average molecular weight is 316 g/mol. The SMILES string of the molecule is CC(C)C1CCC(CN)C(c2cscc2Br)C1. The quantitative estimate of drug-likeness (QED) is 0.865. The Bertz CT molecular complexity index is 361. The third kappa shape index (κ3) is 2.94. The molecule has 1 aromatic rings. The maximum absolute atomic E-state index is 5.96. The number of hydrogen-bond donors (Lipinski definition) is 1. The summed E-state index contributed by atoms with van der Waals surface area (Å²) in [4.78, 5) is 0. The molecule has 0 saturated heterocycles. The summed E-state index contributed by atoms with van der Waals surface area (Å²) in [6.07, 6.45) is 3.97. The minimum absolute atomic E-state index is 0.668. The summed E-state index contributed by atoms with van der Waals surface area (Å²) in [5, 5.41) is 4.50. The second kappa shape index (κ2) is 5.85. The lowest BCUT2D eigenvalue weighted by Crippen LogP contribution is -2.30. The van der Waals surface area contributed by atoms with Crippen LogP contribution in [0.1, 0.15) is 44.6 Å². The summed E-state index contributed by atoms with van der Waals surface area (Å²) >= 11 is 5.48. The van der Waals surface area contributed by atoms with Gasteiger partial charge in [0.25, 0.3) is 0 Å². The number of rotatable bonds is 3. The Morgan fingerprint density at radius 3 is 2.71 bits per heavy atom. The van der Waals surface area contributed by atoms with Crippen LogP contribution in [0.3, 0.4) is 0 Å². The van der Waals surface area contributed by atoms with Crippen LogP contribution < -0.4 is 5.73 Å². The summed E-state index contributed by atoms with van der Waals surface area (Å²) in [5.74, 6) is 3.01. The summed E-state index contributed by atoms with van der Waals surface area (Å²) < 4.78 is 1.29. The van der Waals surface area contributed by atoms with Crippen molar-refractivity contribution in [2.75, 3.05) is 6.54 Å². The van der Waals surface area contributed by atoms with Gasteiger partial charge in [0.2, 0.25) is 0 Å². The zero-order chi connectivity index (χ0) is 12.4. The van der Waals surface area contributed by atoms with E-state index in [1.165, 1.54) is 29.3 Å². The second-order valence-corrected chi connectivity index (χ2v) is 7.19. The van der Waals surface area contributed by atoms with Gasteiger partial charge in [0.15, 0.2) is 0 Å². The third-order valence-electron chi connectivity index (χ3n) is 4.32. The van der Waals surface area contributed by atoms with Crippen molar-refractivity contribution in [3.8, 4) is 0 Å². The monoisotopic (exact) mass is 315 g/mol. The third-order valence-corrected chi connectivity index (χ3v) is 6.07. The fourth-order valence-electron chi connectivity index (χ4n) is 3.09. The summed E-state index contributed by atoms with van der Waals surface area (Å²) in [6, 6.07) is 0. The van der Waals surface area contributed by atoms with Crippen LogP contribution in [-0.2, 0) is 0 Å². The van der Waals surface area contributed by atoms with Crippen LogP contribution >= 0.6 is 27.3 Å². The Labute approximate surface area is 117 Å². The molecule has 0 radical (unpaired) electrons. The minimum atomic E-state index is 0.668. The van der Waals surface area contributed by atoms with E-state index in [1.807, 2.05) is 0 Å². The van der Waals surface area contributed by atoms with Crippen molar-refractivity contribution in [3.63, 3.8) is 0 Å². The first-order chi connectivity index (χ1) is 8.13. The van der Waals surface area contributed by atoms with E-state index in [9.17, 15) is 0 Å². The first-order valence-corrected chi connectivity index (χ1v) is 8.28.